The minimum Gasteiger partial charge on any atom is -0.106 e. The average molecular weight is 709 g/mol. The molecule has 0 spiro atoms. The minimum atomic E-state index is -0.591. The second-order valence-corrected chi connectivity index (χ2v) is 14.5. The van der Waals surface area contributed by atoms with Gasteiger partial charge in [0.15, 0.2) is 0 Å². The van der Waals surface area contributed by atoms with E-state index in [2.05, 4.69) is 235 Å². The largest absolute Gasteiger partial charge is 0.106 e. The fraction of sp³-hybridized carbons (Fsp3) is 0.0909. The molecule has 55 heavy (non-hydrogen) atoms. The number of aryl methyl sites for hydroxylation is 4. The second-order valence-electron chi connectivity index (χ2n) is 14.5. The Morgan fingerprint density at radius 1 is 0.255 bits per heavy atom. The summed E-state index contributed by atoms with van der Waals surface area (Å²) in [5.41, 5.74) is 19.1. The zero-order valence-corrected chi connectivity index (χ0v) is 32.4. The Morgan fingerprint density at radius 3 is 0.636 bits per heavy atom. The lowest BCUT2D eigenvalue weighted by molar-refractivity contribution is 0.745. The Kier molecular flexibility index (Phi) is 10.9. The molecule has 0 atom stereocenters. The molecule has 0 aliphatic heterocycles. The lowest BCUT2D eigenvalue weighted by atomic mass is 9.64. The van der Waals surface area contributed by atoms with Gasteiger partial charge < -0.3 is 0 Å². The molecule has 0 radical (unpaired) electrons. The van der Waals surface area contributed by atoms with Crippen molar-refractivity contribution in [2.24, 2.45) is 0 Å². The van der Waals surface area contributed by atoms with Gasteiger partial charge in [-0.2, -0.15) is 0 Å². The zero-order valence-electron chi connectivity index (χ0n) is 32.4. The Balaban J connectivity index is 0.00000229. The van der Waals surface area contributed by atoms with Crippen molar-refractivity contribution in [3.05, 3.63) is 252 Å². The third kappa shape index (κ3) is 7.63. The first-order chi connectivity index (χ1) is 26.9. The quantitative estimate of drug-likeness (QED) is 0.109. The van der Waals surface area contributed by atoms with E-state index in [0.717, 1.165) is 0 Å². The molecular formula is C55H48. The first kappa shape index (κ1) is 36.8. The number of hydrogen-bond donors (Lipinski definition) is 0. The van der Waals surface area contributed by atoms with Crippen molar-refractivity contribution in [1.82, 2.24) is 0 Å². The molecule has 0 saturated heterocycles. The van der Waals surface area contributed by atoms with Gasteiger partial charge in [-0.3, -0.25) is 0 Å². The summed E-state index contributed by atoms with van der Waals surface area (Å²) in [6, 6.07) is 72.2. The van der Waals surface area contributed by atoms with Gasteiger partial charge in [-0.15, -0.1) is 13.2 Å². The fourth-order valence-electron chi connectivity index (χ4n) is 7.95. The Hall–Kier alpha value is -6.50. The molecule has 0 heteroatoms. The van der Waals surface area contributed by atoms with Gasteiger partial charge >= 0.3 is 0 Å². The van der Waals surface area contributed by atoms with Gasteiger partial charge in [0, 0.05) is 0 Å². The standard InChI is InChI=1S/C53H44.C2H4/c1-37-9-5-13-45(33-37)41-17-25-49(26-18-41)53(50-27-19-42(20-28-50)46-14-6-10-38(2)34-46,51-29-21-43(22-30-51)47-15-7-11-39(3)35-47)52-31-23-44(24-32-52)48-16-8-12-40(4)36-48;1-2/h5-36H,1-4H3;1-2H2. The maximum Gasteiger partial charge on any atom is 0.0701 e. The number of rotatable bonds is 8. The molecule has 0 aliphatic carbocycles. The summed E-state index contributed by atoms with van der Waals surface area (Å²) < 4.78 is 0. The Morgan fingerprint density at radius 2 is 0.455 bits per heavy atom. The van der Waals surface area contributed by atoms with Gasteiger partial charge in [-0.1, -0.05) is 216 Å². The fourth-order valence-corrected chi connectivity index (χ4v) is 7.95. The normalized spacial score (nSPS) is 11.1. The molecule has 0 fully saturated rings. The van der Waals surface area contributed by atoms with Crippen LogP contribution < -0.4 is 0 Å². The summed E-state index contributed by atoms with van der Waals surface area (Å²) in [6.07, 6.45) is 0. The molecule has 0 saturated carbocycles. The van der Waals surface area contributed by atoms with Gasteiger partial charge in [0.2, 0.25) is 0 Å². The average Bonchev–Trinajstić information content (AvgIpc) is 3.23. The summed E-state index contributed by atoms with van der Waals surface area (Å²) in [4.78, 5) is 0. The predicted octanol–water partition coefficient (Wildman–Crippen LogP) is 14.8. The van der Waals surface area contributed by atoms with Crippen LogP contribution in [0.5, 0.6) is 0 Å². The third-order valence-electron chi connectivity index (χ3n) is 10.7. The third-order valence-corrected chi connectivity index (χ3v) is 10.7. The van der Waals surface area contributed by atoms with Crippen LogP contribution in [0.15, 0.2) is 207 Å². The van der Waals surface area contributed by atoms with Crippen molar-refractivity contribution < 1.29 is 0 Å². The van der Waals surface area contributed by atoms with Gasteiger partial charge in [-0.25, -0.2) is 0 Å². The van der Waals surface area contributed by atoms with Crippen molar-refractivity contribution in [1.29, 1.82) is 0 Å². The van der Waals surface area contributed by atoms with Gasteiger partial charge in [-0.05, 0) is 94.5 Å². The van der Waals surface area contributed by atoms with E-state index in [1.165, 1.54) is 89.0 Å². The highest BCUT2D eigenvalue weighted by Gasteiger charge is 2.38. The van der Waals surface area contributed by atoms with Crippen LogP contribution in [-0.4, -0.2) is 0 Å². The minimum absolute atomic E-state index is 0.591. The van der Waals surface area contributed by atoms with E-state index in [1.807, 2.05) is 0 Å². The van der Waals surface area contributed by atoms with Gasteiger partial charge in [0.05, 0.1) is 5.41 Å². The lowest BCUT2D eigenvalue weighted by Gasteiger charge is -2.37. The summed E-state index contributed by atoms with van der Waals surface area (Å²) in [6.45, 7) is 14.6. The molecule has 0 unspecified atom stereocenters. The van der Waals surface area contributed by atoms with E-state index in [0.29, 0.717) is 0 Å². The van der Waals surface area contributed by atoms with Crippen LogP contribution in [-0.2, 0) is 5.41 Å². The van der Waals surface area contributed by atoms with Crippen molar-refractivity contribution in [2.75, 3.05) is 0 Å². The Bertz CT molecular complexity index is 2150. The van der Waals surface area contributed by atoms with Crippen LogP contribution in [0.4, 0.5) is 0 Å². The van der Waals surface area contributed by atoms with E-state index < -0.39 is 5.41 Å². The molecular weight excluding hydrogens is 661 g/mol. The molecule has 0 heterocycles. The highest BCUT2D eigenvalue weighted by atomic mass is 14.4. The number of hydrogen-bond acceptors (Lipinski definition) is 0. The molecule has 0 aromatic heterocycles. The summed E-state index contributed by atoms with van der Waals surface area (Å²) in [5.74, 6) is 0. The summed E-state index contributed by atoms with van der Waals surface area (Å²) >= 11 is 0. The van der Waals surface area contributed by atoms with Crippen LogP contribution in [0.1, 0.15) is 44.5 Å². The molecule has 0 aliphatic rings. The van der Waals surface area contributed by atoms with E-state index in [9.17, 15) is 0 Å². The molecule has 0 N–H and O–H groups in total. The molecule has 8 aromatic rings. The van der Waals surface area contributed by atoms with Crippen LogP contribution in [0.3, 0.4) is 0 Å². The van der Waals surface area contributed by atoms with E-state index in [-0.39, 0.29) is 0 Å². The van der Waals surface area contributed by atoms with Crippen molar-refractivity contribution in [3.63, 3.8) is 0 Å². The molecule has 0 bridgehead atoms. The molecule has 0 amide bonds. The van der Waals surface area contributed by atoms with Crippen LogP contribution in [0, 0.1) is 27.7 Å². The molecule has 8 aromatic carbocycles. The predicted molar refractivity (Wildman–Crippen MR) is 237 cm³/mol. The van der Waals surface area contributed by atoms with Crippen molar-refractivity contribution in [3.8, 4) is 44.5 Å². The smallest absolute Gasteiger partial charge is 0.0701 e. The maximum absolute atomic E-state index is 3.00. The molecule has 268 valence electrons. The van der Waals surface area contributed by atoms with Crippen molar-refractivity contribution >= 4 is 0 Å². The van der Waals surface area contributed by atoms with Crippen LogP contribution >= 0.6 is 0 Å². The first-order valence-electron chi connectivity index (χ1n) is 19.1. The monoisotopic (exact) mass is 708 g/mol. The van der Waals surface area contributed by atoms with Gasteiger partial charge in [0.25, 0.3) is 0 Å². The van der Waals surface area contributed by atoms with Crippen molar-refractivity contribution in [2.45, 2.75) is 33.1 Å². The Labute approximate surface area is 328 Å². The van der Waals surface area contributed by atoms with Gasteiger partial charge in [0.1, 0.15) is 0 Å². The zero-order chi connectivity index (χ0) is 38.4. The summed E-state index contributed by atoms with van der Waals surface area (Å²) in [7, 11) is 0. The lowest BCUT2D eigenvalue weighted by Crippen LogP contribution is -2.31. The van der Waals surface area contributed by atoms with Crippen LogP contribution in [0.25, 0.3) is 44.5 Å². The maximum atomic E-state index is 3.00. The van der Waals surface area contributed by atoms with E-state index in [1.54, 1.807) is 0 Å². The topological polar surface area (TPSA) is 0 Å². The highest BCUT2D eigenvalue weighted by Crippen LogP contribution is 2.47. The second kappa shape index (κ2) is 16.3. The molecule has 8 rings (SSSR count). The number of benzene rings is 8. The molecule has 0 nitrogen and oxygen atoms in total. The SMILES string of the molecule is C=C.Cc1cccc(-c2ccc(C(c3ccc(-c4cccc(C)c4)cc3)(c3ccc(-c4cccc(C)c4)cc3)c3ccc(-c4cccc(C)c4)cc3)cc2)c1. The highest BCUT2D eigenvalue weighted by molar-refractivity contribution is 5.72. The summed E-state index contributed by atoms with van der Waals surface area (Å²) in [5, 5.41) is 0. The van der Waals surface area contributed by atoms with E-state index in [4.69, 9.17) is 0 Å². The first-order valence-corrected chi connectivity index (χ1v) is 19.1. The van der Waals surface area contributed by atoms with Crippen LogP contribution in [0.2, 0.25) is 0 Å². The van der Waals surface area contributed by atoms with E-state index >= 15 is 0 Å².